The van der Waals surface area contributed by atoms with Crippen molar-refractivity contribution in [1.82, 2.24) is 9.97 Å². The summed E-state index contributed by atoms with van der Waals surface area (Å²) in [5, 5.41) is 8.63. The largest absolute Gasteiger partial charge is 0.494 e. The number of hydrogen-bond acceptors (Lipinski definition) is 3. The van der Waals surface area contributed by atoms with Crippen LogP contribution < -0.4 is 0 Å². The van der Waals surface area contributed by atoms with Crippen LogP contribution in [0.1, 0.15) is 74.9 Å². The fraction of sp³-hybridized carbons (Fsp3) is 0.440. The fourth-order valence-corrected chi connectivity index (χ4v) is 3.80. The van der Waals surface area contributed by atoms with Crippen molar-refractivity contribution in [3.8, 4) is 0 Å². The number of aliphatic carboxylic acids is 1. The number of aryl methyl sites for hydroxylation is 1. The highest BCUT2D eigenvalue weighted by Crippen LogP contribution is 2.24. The van der Waals surface area contributed by atoms with Crippen LogP contribution in [0.3, 0.4) is 0 Å². The number of ether oxygens (including phenoxy) is 1. The third kappa shape index (κ3) is 7.31. The molecule has 2 aromatic rings. The molecule has 0 amide bonds. The predicted octanol–water partition coefficient (Wildman–Crippen LogP) is 5.85. The molecule has 0 aliphatic carbocycles. The number of methoxy groups -OCH3 is 1. The predicted molar refractivity (Wildman–Crippen MR) is 124 cm³/mol. The first-order chi connectivity index (χ1) is 15.2. The second-order valence-electron chi connectivity index (χ2n) is 7.98. The van der Waals surface area contributed by atoms with E-state index in [2.05, 4.69) is 22.1 Å². The molecule has 0 atom stereocenters. The number of carbonyl (C=O) groups is 1. The molecule has 0 saturated carbocycles. The first-order valence-electron chi connectivity index (χ1n) is 11.3. The number of carboxylic acids is 1. The summed E-state index contributed by atoms with van der Waals surface area (Å²) in [5.74, 6) is 0.0836. The van der Waals surface area contributed by atoms with Crippen molar-refractivity contribution in [3.05, 3.63) is 65.1 Å². The van der Waals surface area contributed by atoms with Gasteiger partial charge in [0.1, 0.15) is 11.5 Å². The average molecular weight is 424 g/mol. The van der Waals surface area contributed by atoms with Crippen LogP contribution in [0.2, 0.25) is 0 Å². The summed E-state index contributed by atoms with van der Waals surface area (Å²) in [5.41, 5.74) is 4.96. The van der Waals surface area contributed by atoms with Gasteiger partial charge in [0.2, 0.25) is 0 Å². The van der Waals surface area contributed by atoms with Crippen LogP contribution >= 0.6 is 0 Å². The molecule has 0 bridgehead atoms. The highest BCUT2D eigenvalue weighted by Gasteiger charge is 2.17. The maximum absolute atomic E-state index is 10.5. The molecule has 0 radical (unpaired) electrons. The van der Waals surface area contributed by atoms with Gasteiger partial charge in [-0.15, -0.1) is 0 Å². The number of hydrogen-bond donors (Lipinski definition) is 3. The SMILES string of the molecule is COC1=CC(c2ccc[nH]2)=N/C1=C/c1ccc(CCCCCCCCCCC(=O)O)[nH]1. The summed E-state index contributed by atoms with van der Waals surface area (Å²) in [6, 6.07) is 8.20. The average Bonchev–Trinajstić information content (AvgIpc) is 3.50. The molecule has 0 saturated heterocycles. The maximum Gasteiger partial charge on any atom is 0.303 e. The Morgan fingerprint density at radius 2 is 1.81 bits per heavy atom. The summed E-state index contributed by atoms with van der Waals surface area (Å²) in [6.45, 7) is 0. The van der Waals surface area contributed by atoms with Gasteiger partial charge in [-0.3, -0.25) is 4.79 Å². The highest BCUT2D eigenvalue weighted by molar-refractivity contribution is 6.11. The number of nitrogens with one attached hydrogen (secondary N) is 2. The van der Waals surface area contributed by atoms with E-state index in [0.29, 0.717) is 6.42 Å². The first-order valence-corrected chi connectivity index (χ1v) is 11.3. The van der Waals surface area contributed by atoms with Gasteiger partial charge in [0.15, 0.2) is 0 Å². The number of allylic oxidation sites excluding steroid dienone is 1. The molecule has 3 N–H and O–H groups in total. The van der Waals surface area contributed by atoms with Crippen molar-refractivity contribution < 1.29 is 14.6 Å². The molecule has 3 rings (SSSR count). The number of nitrogens with zero attached hydrogens (tertiary/aromatic N) is 1. The summed E-state index contributed by atoms with van der Waals surface area (Å²) in [4.78, 5) is 21.8. The molecule has 0 aromatic carbocycles. The fourth-order valence-electron chi connectivity index (χ4n) is 3.80. The van der Waals surface area contributed by atoms with E-state index < -0.39 is 5.97 Å². The molecule has 3 heterocycles. The van der Waals surface area contributed by atoms with Gasteiger partial charge in [0, 0.05) is 30.1 Å². The number of aromatic amines is 2. The summed E-state index contributed by atoms with van der Waals surface area (Å²) >= 11 is 0. The van der Waals surface area contributed by atoms with Crippen molar-refractivity contribution >= 4 is 17.8 Å². The van der Waals surface area contributed by atoms with Crippen LogP contribution in [0.5, 0.6) is 0 Å². The third-order valence-electron chi connectivity index (χ3n) is 5.50. The molecule has 31 heavy (non-hydrogen) atoms. The lowest BCUT2D eigenvalue weighted by Crippen LogP contribution is -1.93. The minimum Gasteiger partial charge on any atom is -0.494 e. The van der Waals surface area contributed by atoms with Crippen molar-refractivity contribution in [3.63, 3.8) is 0 Å². The van der Waals surface area contributed by atoms with Gasteiger partial charge >= 0.3 is 5.97 Å². The smallest absolute Gasteiger partial charge is 0.303 e. The standard InChI is InChI=1S/C25H33N3O3/c1-31-24-18-22(21-12-10-16-26-21)28-23(24)17-20-15-14-19(27-20)11-8-6-4-2-3-5-7-9-13-25(29)30/h10,12,14-18,26-27H,2-9,11,13H2,1H3,(H,29,30)/b23-17+. The summed E-state index contributed by atoms with van der Waals surface area (Å²) < 4.78 is 5.50. The number of aromatic nitrogens is 2. The number of rotatable bonds is 14. The first kappa shape index (κ1) is 22.7. The Labute approximate surface area is 184 Å². The monoisotopic (exact) mass is 423 g/mol. The summed E-state index contributed by atoms with van der Waals surface area (Å²) in [7, 11) is 1.67. The number of carboxylic acid groups (broad SMARTS) is 1. The van der Waals surface area contributed by atoms with E-state index in [1.54, 1.807) is 7.11 Å². The minimum absolute atomic E-state index is 0.304. The van der Waals surface area contributed by atoms with E-state index in [1.165, 1.54) is 37.8 Å². The van der Waals surface area contributed by atoms with Crippen molar-refractivity contribution in [2.45, 2.75) is 64.2 Å². The topological polar surface area (TPSA) is 90.5 Å². The molecule has 0 unspecified atom stereocenters. The van der Waals surface area contributed by atoms with Crippen LogP contribution in [0, 0.1) is 0 Å². The third-order valence-corrected chi connectivity index (χ3v) is 5.50. The molecule has 1 aliphatic rings. The zero-order chi connectivity index (χ0) is 21.9. The Morgan fingerprint density at radius 1 is 1.06 bits per heavy atom. The molecular formula is C25H33N3O3. The Bertz CT molecular complexity index is 920. The second kappa shape index (κ2) is 12.0. The van der Waals surface area contributed by atoms with Crippen molar-refractivity contribution in [1.29, 1.82) is 0 Å². The van der Waals surface area contributed by atoms with E-state index in [4.69, 9.17) is 14.8 Å². The number of aliphatic imine (C=N–C) groups is 1. The summed E-state index contributed by atoms with van der Waals surface area (Å²) in [6.07, 6.45) is 16.3. The van der Waals surface area contributed by atoms with Crippen LogP contribution in [-0.4, -0.2) is 33.9 Å². The van der Waals surface area contributed by atoms with Crippen molar-refractivity contribution in [2.75, 3.05) is 7.11 Å². The number of unbranched alkanes of at least 4 members (excludes halogenated alkanes) is 7. The normalized spacial score (nSPS) is 14.7. The van der Waals surface area contributed by atoms with Gasteiger partial charge in [-0.05, 0) is 49.6 Å². The van der Waals surface area contributed by atoms with Crippen LogP contribution in [-0.2, 0) is 16.0 Å². The maximum atomic E-state index is 10.5. The Balaban J connectivity index is 1.38. The molecule has 1 aliphatic heterocycles. The molecule has 2 aromatic heterocycles. The van der Waals surface area contributed by atoms with Crippen molar-refractivity contribution in [2.24, 2.45) is 4.99 Å². The molecule has 0 fully saturated rings. The Morgan fingerprint density at radius 3 is 2.48 bits per heavy atom. The van der Waals surface area contributed by atoms with Gasteiger partial charge in [-0.25, -0.2) is 4.99 Å². The minimum atomic E-state index is -0.684. The van der Waals surface area contributed by atoms with E-state index in [1.807, 2.05) is 30.5 Å². The molecule has 166 valence electrons. The van der Waals surface area contributed by atoms with Crippen LogP contribution in [0.25, 0.3) is 6.08 Å². The molecule has 6 heteroatoms. The van der Waals surface area contributed by atoms with Gasteiger partial charge in [0.05, 0.1) is 18.5 Å². The Hall–Kier alpha value is -3.02. The lowest BCUT2D eigenvalue weighted by molar-refractivity contribution is -0.137. The zero-order valence-electron chi connectivity index (χ0n) is 18.3. The molecule has 0 spiro atoms. The van der Waals surface area contributed by atoms with Gasteiger partial charge in [0.25, 0.3) is 0 Å². The van der Waals surface area contributed by atoms with Gasteiger partial charge < -0.3 is 19.8 Å². The van der Waals surface area contributed by atoms with E-state index in [9.17, 15) is 4.79 Å². The van der Waals surface area contributed by atoms with Crippen LogP contribution in [0.4, 0.5) is 0 Å². The van der Waals surface area contributed by atoms with Gasteiger partial charge in [-0.1, -0.05) is 38.5 Å². The van der Waals surface area contributed by atoms with Crippen LogP contribution in [0.15, 0.2) is 53.0 Å². The van der Waals surface area contributed by atoms with E-state index in [0.717, 1.165) is 54.2 Å². The lowest BCUT2D eigenvalue weighted by atomic mass is 10.1. The van der Waals surface area contributed by atoms with E-state index >= 15 is 0 Å². The second-order valence-corrected chi connectivity index (χ2v) is 7.98. The van der Waals surface area contributed by atoms with E-state index in [-0.39, 0.29) is 0 Å². The lowest BCUT2D eigenvalue weighted by Gasteiger charge is -2.02. The zero-order valence-corrected chi connectivity index (χ0v) is 18.3. The molecular weight excluding hydrogens is 390 g/mol. The Kier molecular flexibility index (Phi) is 8.76. The molecule has 6 nitrogen and oxygen atoms in total. The highest BCUT2D eigenvalue weighted by atomic mass is 16.5. The number of H-pyrrole nitrogens is 2. The quantitative estimate of drug-likeness (QED) is 0.333. The van der Waals surface area contributed by atoms with Gasteiger partial charge in [-0.2, -0.15) is 0 Å².